The number of aromatic nitrogens is 2. The molecular weight excluding hydrogens is 326 g/mol. The first-order chi connectivity index (χ1) is 11.3. The predicted octanol–water partition coefficient (Wildman–Crippen LogP) is 3.77. The van der Waals surface area contributed by atoms with Crippen molar-refractivity contribution in [3.8, 4) is 5.13 Å². The lowest BCUT2D eigenvalue weighted by Gasteiger charge is -2.29. The Bertz CT molecular complexity index is 687. The third-order valence-electron chi connectivity index (χ3n) is 3.99. The molecule has 0 saturated heterocycles. The molecule has 3 rings (SSSR count). The molecule has 1 N–H and O–H groups in total. The fourth-order valence-corrected chi connectivity index (χ4v) is 4.03. The average Bonchev–Trinajstić information content (AvgIpc) is 3.30. The van der Waals surface area contributed by atoms with E-state index in [1.165, 1.54) is 11.3 Å². The molecule has 3 aromatic heterocycles. The van der Waals surface area contributed by atoms with Crippen molar-refractivity contribution in [2.24, 2.45) is 0 Å². The first kappa shape index (κ1) is 16.4. The normalized spacial score (nSPS) is 12.8. The van der Waals surface area contributed by atoms with Gasteiger partial charge in [0.25, 0.3) is 0 Å². The molecule has 0 aliphatic heterocycles. The molecule has 3 heterocycles. The Labute approximate surface area is 144 Å². The maximum absolute atomic E-state index is 9.75. The van der Waals surface area contributed by atoms with Gasteiger partial charge in [0.1, 0.15) is 0 Å². The van der Waals surface area contributed by atoms with E-state index in [-0.39, 0.29) is 12.6 Å². The number of aliphatic hydroxyl groups is 1. The van der Waals surface area contributed by atoms with E-state index >= 15 is 0 Å². The highest BCUT2D eigenvalue weighted by atomic mass is 32.1. The molecule has 0 saturated carbocycles. The standard InChI is InChI=1S/C17H21N3OS2/c1-2-15(12-21)19(10-14-5-8-22-13-14)11-16-4-3-7-20(16)17-18-6-9-23-17/h3-9,13,15,21H,2,10-12H2,1H3/t15-/m1/s1. The monoisotopic (exact) mass is 347 g/mol. The molecule has 0 spiro atoms. The van der Waals surface area contributed by atoms with Crippen LogP contribution in [0.25, 0.3) is 5.13 Å². The quantitative estimate of drug-likeness (QED) is 0.674. The van der Waals surface area contributed by atoms with E-state index in [4.69, 9.17) is 0 Å². The maximum Gasteiger partial charge on any atom is 0.193 e. The van der Waals surface area contributed by atoms with Crippen LogP contribution in [0, 0.1) is 0 Å². The van der Waals surface area contributed by atoms with Gasteiger partial charge in [-0.3, -0.25) is 9.47 Å². The second-order valence-electron chi connectivity index (χ2n) is 5.47. The van der Waals surface area contributed by atoms with Gasteiger partial charge in [0.15, 0.2) is 5.13 Å². The van der Waals surface area contributed by atoms with E-state index in [0.717, 1.165) is 24.6 Å². The lowest BCUT2D eigenvalue weighted by molar-refractivity contribution is 0.105. The molecule has 122 valence electrons. The minimum atomic E-state index is 0.162. The minimum absolute atomic E-state index is 0.162. The molecule has 0 bridgehead atoms. The lowest BCUT2D eigenvalue weighted by atomic mass is 10.1. The Morgan fingerprint density at radius 1 is 1.30 bits per heavy atom. The molecule has 4 nitrogen and oxygen atoms in total. The van der Waals surface area contributed by atoms with E-state index in [2.05, 4.69) is 56.5 Å². The number of rotatable bonds is 8. The van der Waals surface area contributed by atoms with Crippen LogP contribution in [0.1, 0.15) is 24.6 Å². The Morgan fingerprint density at radius 3 is 2.87 bits per heavy atom. The van der Waals surface area contributed by atoms with Crippen LogP contribution in [0.5, 0.6) is 0 Å². The van der Waals surface area contributed by atoms with Crippen LogP contribution in [-0.4, -0.2) is 32.2 Å². The van der Waals surface area contributed by atoms with Gasteiger partial charge in [-0.15, -0.1) is 11.3 Å². The summed E-state index contributed by atoms with van der Waals surface area (Å²) in [5.74, 6) is 0. The number of thiazole rings is 1. The van der Waals surface area contributed by atoms with Crippen molar-refractivity contribution in [2.75, 3.05) is 6.61 Å². The van der Waals surface area contributed by atoms with E-state index in [9.17, 15) is 5.11 Å². The highest BCUT2D eigenvalue weighted by molar-refractivity contribution is 7.12. The van der Waals surface area contributed by atoms with Gasteiger partial charge in [-0.2, -0.15) is 11.3 Å². The van der Waals surface area contributed by atoms with Gasteiger partial charge in [-0.05, 0) is 40.9 Å². The van der Waals surface area contributed by atoms with Gasteiger partial charge >= 0.3 is 0 Å². The topological polar surface area (TPSA) is 41.3 Å². The van der Waals surface area contributed by atoms with Crippen molar-refractivity contribution in [2.45, 2.75) is 32.5 Å². The molecular formula is C17H21N3OS2. The number of hydrogen-bond donors (Lipinski definition) is 1. The number of hydrogen-bond acceptors (Lipinski definition) is 5. The number of thiophene rings is 1. The summed E-state index contributed by atoms with van der Waals surface area (Å²) in [5.41, 5.74) is 2.50. The summed E-state index contributed by atoms with van der Waals surface area (Å²) in [6.07, 6.45) is 4.81. The molecule has 0 unspecified atom stereocenters. The fraction of sp³-hybridized carbons (Fsp3) is 0.353. The second kappa shape index (κ2) is 7.88. The zero-order valence-corrected chi connectivity index (χ0v) is 14.8. The second-order valence-corrected chi connectivity index (χ2v) is 7.12. The van der Waals surface area contributed by atoms with Gasteiger partial charge < -0.3 is 5.11 Å². The number of aliphatic hydroxyl groups excluding tert-OH is 1. The van der Waals surface area contributed by atoms with Crippen LogP contribution in [0.3, 0.4) is 0 Å². The van der Waals surface area contributed by atoms with E-state index in [1.54, 1.807) is 22.7 Å². The van der Waals surface area contributed by atoms with Crippen molar-refractivity contribution in [1.29, 1.82) is 0 Å². The van der Waals surface area contributed by atoms with Gasteiger partial charge in [0.05, 0.1) is 6.61 Å². The largest absolute Gasteiger partial charge is 0.395 e. The van der Waals surface area contributed by atoms with Gasteiger partial charge in [0.2, 0.25) is 0 Å². The molecule has 23 heavy (non-hydrogen) atoms. The van der Waals surface area contributed by atoms with Crippen molar-refractivity contribution in [3.05, 3.63) is 58.0 Å². The summed E-state index contributed by atoms with van der Waals surface area (Å²) < 4.78 is 2.13. The minimum Gasteiger partial charge on any atom is -0.395 e. The Balaban J connectivity index is 1.82. The Hall–Kier alpha value is -1.47. The highest BCUT2D eigenvalue weighted by Gasteiger charge is 2.19. The predicted molar refractivity (Wildman–Crippen MR) is 96.2 cm³/mol. The van der Waals surface area contributed by atoms with Crippen LogP contribution >= 0.6 is 22.7 Å². The molecule has 3 aromatic rings. The van der Waals surface area contributed by atoms with Crippen LogP contribution in [0.2, 0.25) is 0 Å². The smallest absolute Gasteiger partial charge is 0.193 e. The Morgan fingerprint density at radius 2 is 2.22 bits per heavy atom. The highest BCUT2D eigenvalue weighted by Crippen LogP contribution is 2.20. The van der Waals surface area contributed by atoms with Crippen LogP contribution in [0.15, 0.2) is 46.7 Å². The van der Waals surface area contributed by atoms with Crippen molar-refractivity contribution >= 4 is 22.7 Å². The summed E-state index contributed by atoms with van der Waals surface area (Å²) in [4.78, 5) is 6.75. The van der Waals surface area contributed by atoms with Crippen LogP contribution in [0.4, 0.5) is 0 Å². The van der Waals surface area contributed by atoms with Crippen LogP contribution < -0.4 is 0 Å². The summed E-state index contributed by atoms with van der Waals surface area (Å²) in [6.45, 7) is 3.95. The summed E-state index contributed by atoms with van der Waals surface area (Å²) in [5, 5.41) is 17.0. The maximum atomic E-state index is 9.75. The molecule has 0 aliphatic rings. The van der Waals surface area contributed by atoms with E-state index in [0.29, 0.717) is 0 Å². The average molecular weight is 348 g/mol. The molecule has 0 fully saturated rings. The SMILES string of the molecule is CC[C@H](CO)N(Cc1ccsc1)Cc1cccn1-c1nccs1. The summed E-state index contributed by atoms with van der Waals surface area (Å²) in [6, 6.07) is 6.50. The van der Waals surface area contributed by atoms with E-state index < -0.39 is 0 Å². The third kappa shape index (κ3) is 3.90. The van der Waals surface area contributed by atoms with Crippen molar-refractivity contribution < 1.29 is 5.11 Å². The Kier molecular flexibility index (Phi) is 5.61. The van der Waals surface area contributed by atoms with Gasteiger partial charge in [-0.25, -0.2) is 4.98 Å². The molecule has 6 heteroatoms. The molecule has 0 amide bonds. The fourth-order valence-electron chi connectivity index (χ4n) is 2.71. The van der Waals surface area contributed by atoms with Crippen molar-refractivity contribution in [1.82, 2.24) is 14.5 Å². The summed E-state index contributed by atoms with van der Waals surface area (Å²) >= 11 is 3.35. The number of nitrogens with zero attached hydrogens (tertiary/aromatic N) is 3. The first-order valence-electron chi connectivity index (χ1n) is 7.74. The van der Waals surface area contributed by atoms with Gasteiger partial charge in [-0.1, -0.05) is 6.92 Å². The zero-order valence-electron chi connectivity index (χ0n) is 13.1. The lowest BCUT2D eigenvalue weighted by Crippen LogP contribution is -2.37. The first-order valence-corrected chi connectivity index (χ1v) is 9.56. The van der Waals surface area contributed by atoms with Gasteiger partial charge in [0, 0.05) is 42.6 Å². The molecule has 0 aliphatic carbocycles. The third-order valence-corrected chi connectivity index (χ3v) is 5.49. The van der Waals surface area contributed by atoms with Crippen molar-refractivity contribution in [3.63, 3.8) is 0 Å². The van der Waals surface area contributed by atoms with E-state index in [1.807, 2.05) is 11.6 Å². The molecule has 0 aromatic carbocycles. The summed E-state index contributed by atoms with van der Waals surface area (Å²) in [7, 11) is 0. The molecule has 1 atom stereocenters. The zero-order chi connectivity index (χ0) is 16.1. The van der Waals surface area contributed by atoms with Crippen LogP contribution in [-0.2, 0) is 13.1 Å². The molecule has 0 radical (unpaired) electrons.